The molecule has 0 bridgehead atoms. The average molecular weight is 518 g/mol. The first-order valence-corrected chi connectivity index (χ1v) is 11.8. The maximum absolute atomic E-state index is 14.1. The normalized spacial score (nSPS) is 13.5. The number of hydrogen-bond donors (Lipinski definition) is 1. The number of carbonyl (C=O) groups excluding carboxylic acids is 1. The quantitative estimate of drug-likeness (QED) is 0.428. The molecule has 1 aliphatic rings. The van der Waals surface area contributed by atoms with Crippen LogP contribution in [-0.2, 0) is 4.79 Å². The molecule has 5 nitrogen and oxygen atoms in total. The summed E-state index contributed by atoms with van der Waals surface area (Å²) in [5.74, 6) is 0.0139. The van der Waals surface area contributed by atoms with Crippen molar-refractivity contribution in [2.75, 3.05) is 43.0 Å². The first kappa shape index (κ1) is 24.3. The Kier molecular flexibility index (Phi) is 7.88. The van der Waals surface area contributed by atoms with Crippen LogP contribution in [0.5, 0.6) is 5.75 Å². The molecule has 1 amide bonds. The Morgan fingerprint density at radius 1 is 0.971 bits per heavy atom. The molecule has 9 heteroatoms. The maximum Gasteiger partial charge on any atom is 0.262 e. The number of halogens is 3. The molecule has 0 saturated carbocycles. The molecule has 176 valence electrons. The second-order valence-corrected chi connectivity index (χ2v) is 9.01. The summed E-state index contributed by atoms with van der Waals surface area (Å²) in [6, 6.07) is 18.9. The zero-order valence-electron chi connectivity index (χ0n) is 18.1. The van der Waals surface area contributed by atoms with Crippen molar-refractivity contribution in [2.45, 2.75) is 0 Å². The summed E-state index contributed by atoms with van der Waals surface area (Å²) in [7, 11) is 0. The molecule has 4 rings (SSSR count). The molecule has 1 N–H and O–H groups in total. The van der Waals surface area contributed by atoms with Gasteiger partial charge in [0.05, 0.1) is 5.69 Å². The summed E-state index contributed by atoms with van der Waals surface area (Å²) in [6.07, 6.45) is 0. The van der Waals surface area contributed by atoms with Crippen LogP contribution in [0.2, 0.25) is 10.0 Å². The van der Waals surface area contributed by atoms with E-state index in [4.69, 9.17) is 40.2 Å². The van der Waals surface area contributed by atoms with E-state index in [1.807, 2.05) is 23.1 Å². The third-order valence-electron chi connectivity index (χ3n) is 5.38. The Labute approximate surface area is 213 Å². The number of hydrogen-bond acceptors (Lipinski definition) is 4. The predicted octanol–water partition coefficient (Wildman–Crippen LogP) is 5.65. The monoisotopic (exact) mass is 517 g/mol. The largest absolute Gasteiger partial charge is 0.484 e. The first-order valence-electron chi connectivity index (χ1n) is 10.7. The topological polar surface area (TPSA) is 44.8 Å². The van der Waals surface area contributed by atoms with Gasteiger partial charge in [0.1, 0.15) is 16.6 Å². The maximum atomic E-state index is 14.1. The molecule has 0 atom stereocenters. The first-order chi connectivity index (χ1) is 16.4. The van der Waals surface area contributed by atoms with E-state index in [2.05, 4.69) is 10.2 Å². The third kappa shape index (κ3) is 6.17. The van der Waals surface area contributed by atoms with Gasteiger partial charge in [-0.2, -0.15) is 0 Å². The zero-order valence-corrected chi connectivity index (χ0v) is 20.5. The van der Waals surface area contributed by atoms with Gasteiger partial charge >= 0.3 is 0 Å². The molecule has 34 heavy (non-hydrogen) atoms. The number of para-hydroxylation sites is 1. The van der Waals surface area contributed by atoms with Crippen LogP contribution in [-0.4, -0.2) is 48.6 Å². The van der Waals surface area contributed by atoms with Crippen LogP contribution in [0.15, 0.2) is 66.7 Å². The second-order valence-electron chi connectivity index (χ2n) is 7.75. The molecule has 0 aromatic heterocycles. The minimum Gasteiger partial charge on any atom is -0.484 e. The van der Waals surface area contributed by atoms with E-state index in [1.165, 1.54) is 6.07 Å². The van der Waals surface area contributed by atoms with E-state index in [9.17, 15) is 9.18 Å². The highest BCUT2D eigenvalue weighted by atomic mass is 35.5. The molecular weight excluding hydrogens is 496 g/mol. The zero-order chi connectivity index (χ0) is 24.1. The van der Waals surface area contributed by atoms with E-state index < -0.39 is 0 Å². The molecule has 0 radical (unpaired) electrons. The highest BCUT2D eigenvalue weighted by Gasteiger charge is 2.21. The molecule has 0 unspecified atom stereocenters. The summed E-state index contributed by atoms with van der Waals surface area (Å²) in [4.78, 5) is 17.0. The number of rotatable bonds is 6. The minimum atomic E-state index is -0.328. The van der Waals surface area contributed by atoms with Gasteiger partial charge in [-0.3, -0.25) is 4.79 Å². The number of anilines is 2. The third-order valence-corrected chi connectivity index (χ3v) is 6.31. The van der Waals surface area contributed by atoms with Crippen LogP contribution in [0.3, 0.4) is 0 Å². The lowest BCUT2D eigenvalue weighted by atomic mass is 10.1. The highest BCUT2D eigenvalue weighted by molar-refractivity contribution is 7.80. The number of nitrogens with zero attached hydrogens (tertiary/aromatic N) is 2. The summed E-state index contributed by atoms with van der Waals surface area (Å²) >= 11 is 17.6. The Balaban J connectivity index is 1.27. The number of benzene rings is 3. The number of ether oxygens (including phenoxy) is 1. The van der Waals surface area contributed by atoms with Crippen molar-refractivity contribution < 1.29 is 13.9 Å². The highest BCUT2D eigenvalue weighted by Crippen LogP contribution is 2.23. The smallest absolute Gasteiger partial charge is 0.262 e. The van der Waals surface area contributed by atoms with Gasteiger partial charge in [0.15, 0.2) is 6.61 Å². The van der Waals surface area contributed by atoms with E-state index in [0.717, 1.165) is 10.6 Å². The lowest BCUT2D eigenvalue weighted by Crippen LogP contribution is -2.48. The Bertz CT molecular complexity index is 1160. The van der Waals surface area contributed by atoms with Crippen LogP contribution in [0.1, 0.15) is 5.56 Å². The van der Waals surface area contributed by atoms with Crippen molar-refractivity contribution in [2.24, 2.45) is 0 Å². The number of thiocarbonyl (C=S) groups is 1. The number of nitrogens with one attached hydrogen (secondary N) is 1. The molecule has 1 fully saturated rings. The summed E-state index contributed by atoms with van der Waals surface area (Å²) in [5.41, 5.74) is 2.01. The second kappa shape index (κ2) is 11.0. The molecule has 1 saturated heterocycles. The molecule has 0 aliphatic carbocycles. The number of piperazine rings is 1. The Hall–Kier alpha value is -2.87. The number of carbonyl (C=O) groups is 1. The van der Waals surface area contributed by atoms with Crippen molar-refractivity contribution in [3.63, 3.8) is 0 Å². The van der Waals surface area contributed by atoms with Gasteiger partial charge in [-0.25, -0.2) is 4.39 Å². The summed E-state index contributed by atoms with van der Waals surface area (Å²) < 4.78 is 19.6. The van der Waals surface area contributed by atoms with Crippen LogP contribution >= 0.6 is 35.4 Å². The van der Waals surface area contributed by atoms with Crippen molar-refractivity contribution in [3.8, 4) is 5.75 Å². The minimum absolute atomic E-state index is 0.161. The molecule has 1 aliphatic heterocycles. The van der Waals surface area contributed by atoms with E-state index in [0.29, 0.717) is 53.3 Å². The lowest BCUT2D eigenvalue weighted by molar-refractivity contribution is -0.118. The lowest BCUT2D eigenvalue weighted by Gasteiger charge is -2.37. The Morgan fingerprint density at radius 3 is 2.26 bits per heavy atom. The van der Waals surface area contributed by atoms with Crippen LogP contribution < -0.4 is 15.0 Å². The van der Waals surface area contributed by atoms with Gasteiger partial charge < -0.3 is 19.9 Å². The van der Waals surface area contributed by atoms with Crippen molar-refractivity contribution >= 4 is 57.7 Å². The van der Waals surface area contributed by atoms with Crippen molar-refractivity contribution in [3.05, 3.63) is 88.2 Å². The standard InChI is InChI=1S/C25H22Cl2FN3O2S/c26-18-13-19(27)15-20(14-18)29-24(32)16-33-21-7-5-17(6-8-21)25(34)31-11-9-30(10-12-31)23-4-2-1-3-22(23)28/h1-8,13-15H,9-12,16H2,(H,29,32). The van der Waals surface area contributed by atoms with Gasteiger partial charge in [0.2, 0.25) is 0 Å². The van der Waals surface area contributed by atoms with Gasteiger partial charge in [-0.1, -0.05) is 47.6 Å². The summed E-state index contributed by atoms with van der Waals surface area (Å²) in [5, 5.41) is 3.57. The molecular formula is C25H22Cl2FN3O2S. The fourth-order valence-corrected chi connectivity index (χ4v) is 4.55. The number of amides is 1. The SMILES string of the molecule is O=C(COc1ccc(C(=S)N2CCN(c3ccccc3F)CC2)cc1)Nc1cc(Cl)cc(Cl)c1. The molecule has 0 spiro atoms. The van der Waals surface area contributed by atoms with Gasteiger partial charge in [0.25, 0.3) is 5.91 Å². The summed E-state index contributed by atoms with van der Waals surface area (Å²) in [6.45, 7) is 2.63. The van der Waals surface area contributed by atoms with Gasteiger partial charge in [-0.15, -0.1) is 0 Å². The average Bonchev–Trinajstić information content (AvgIpc) is 2.82. The van der Waals surface area contributed by atoms with E-state index >= 15 is 0 Å². The van der Waals surface area contributed by atoms with Crippen LogP contribution in [0, 0.1) is 5.82 Å². The fraction of sp³-hybridized carbons (Fsp3) is 0.200. The van der Waals surface area contributed by atoms with E-state index in [1.54, 1.807) is 42.5 Å². The fourth-order valence-electron chi connectivity index (χ4n) is 3.71. The van der Waals surface area contributed by atoms with Crippen LogP contribution in [0.4, 0.5) is 15.8 Å². The van der Waals surface area contributed by atoms with Crippen LogP contribution in [0.25, 0.3) is 0 Å². The Morgan fingerprint density at radius 2 is 1.62 bits per heavy atom. The molecule has 1 heterocycles. The van der Waals surface area contributed by atoms with Gasteiger partial charge in [-0.05, 0) is 54.6 Å². The van der Waals surface area contributed by atoms with Crippen molar-refractivity contribution in [1.82, 2.24) is 4.90 Å². The van der Waals surface area contributed by atoms with Crippen molar-refractivity contribution in [1.29, 1.82) is 0 Å². The molecule has 3 aromatic carbocycles. The molecule has 3 aromatic rings. The van der Waals surface area contributed by atoms with Gasteiger partial charge in [0, 0.05) is 47.5 Å². The van der Waals surface area contributed by atoms with E-state index in [-0.39, 0.29) is 18.3 Å². The predicted molar refractivity (Wildman–Crippen MR) is 139 cm³/mol.